The molecule has 0 saturated heterocycles. The first-order valence-electron chi connectivity index (χ1n) is 4.49. The fourth-order valence-corrected chi connectivity index (χ4v) is 1.68. The second kappa shape index (κ2) is 3.77. The minimum absolute atomic E-state index is 0.0878. The molecule has 0 radical (unpaired) electrons. The number of alkyl halides is 2. The highest BCUT2D eigenvalue weighted by atomic mass is 19.3. The van der Waals surface area contributed by atoms with Crippen molar-refractivity contribution >= 4 is 17.1 Å². The maximum absolute atomic E-state index is 12.7. The van der Waals surface area contributed by atoms with E-state index in [1.807, 2.05) is 0 Å². The van der Waals surface area contributed by atoms with Crippen molar-refractivity contribution in [1.82, 2.24) is 0 Å². The maximum atomic E-state index is 12.7. The van der Waals surface area contributed by atoms with Crippen LogP contribution in [0.3, 0.4) is 0 Å². The van der Waals surface area contributed by atoms with Crippen molar-refractivity contribution in [2.24, 2.45) is 0 Å². The summed E-state index contributed by atoms with van der Waals surface area (Å²) < 4.78 is 25.4. The van der Waals surface area contributed by atoms with Gasteiger partial charge in [0.1, 0.15) is 0 Å². The number of benzene rings is 2. The number of halogens is 2. The third-order valence-electron chi connectivity index (χ3n) is 2.33. The van der Waals surface area contributed by atoms with E-state index in [4.69, 9.17) is 0 Å². The predicted octanol–water partition coefficient (Wildman–Crippen LogP) is 3.59. The zero-order valence-corrected chi connectivity index (χ0v) is 7.78. The lowest BCUT2D eigenvalue weighted by Crippen LogP contribution is -1.91. The summed E-state index contributed by atoms with van der Waals surface area (Å²) in [5.41, 5.74) is 0.221. The molecule has 1 nitrogen and oxygen atoms in total. The lowest BCUT2D eigenvalue weighted by Gasteiger charge is -2.07. The first kappa shape index (κ1) is 9.77. The van der Waals surface area contributed by atoms with E-state index in [9.17, 15) is 13.6 Å². The molecule has 0 heterocycles. The highest BCUT2D eigenvalue weighted by Gasteiger charge is 2.13. The highest BCUT2D eigenvalue weighted by Crippen LogP contribution is 2.29. The van der Waals surface area contributed by atoms with Crippen LogP contribution < -0.4 is 0 Å². The molecule has 0 spiro atoms. The van der Waals surface area contributed by atoms with Gasteiger partial charge in [0, 0.05) is 16.5 Å². The molecule has 0 unspecified atom stereocenters. The molecule has 0 saturated carbocycles. The van der Waals surface area contributed by atoms with Crippen molar-refractivity contribution in [2.75, 3.05) is 0 Å². The average molecular weight is 206 g/mol. The lowest BCUT2D eigenvalue weighted by atomic mass is 10.0. The largest absolute Gasteiger partial charge is 0.298 e. The van der Waals surface area contributed by atoms with Gasteiger partial charge < -0.3 is 0 Å². The summed E-state index contributed by atoms with van der Waals surface area (Å²) in [6.45, 7) is 0. The Labute approximate surface area is 85.3 Å². The molecular weight excluding hydrogens is 198 g/mol. The summed E-state index contributed by atoms with van der Waals surface area (Å²) in [6.07, 6.45) is -1.96. The highest BCUT2D eigenvalue weighted by molar-refractivity contribution is 6.00. The molecule has 0 atom stereocenters. The number of rotatable bonds is 2. The summed E-state index contributed by atoms with van der Waals surface area (Å²) in [7, 11) is 0. The Kier molecular flexibility index (Phi) is 2.46. The van der Waals surface area contributed by atoms with Gasteiger partial charge in [0.2, 0.25) is 0 Å². The number of aldehydes is 1. The normalized spacial score (nSPS) is 10.9. The van der Waals surface area contributed by atoms with E-state index in [2.05, 4.69) is 0 Å². The van der Waals surface area contributed by atoms with Crippen LogP contribution in [0.15, 0.2) is 36.4 Å². The van der Waals surface area contributed by atoms with Gasteiger partial charge in [0.15, 0.2) is 6.29 Å². The summed E-state index contributed by atoms with van der Waals surface area (Å²) in [4.78, 5) is 10.8. The van der Waals surface area contributed by atoms with Crippen LogP contribution in [-0.4, -0.2) is 6.29 Å². The van der Waals surface area contributed by atoms with Crippen LogP contribution in [0.5, 0.6) is 0 Å². The maximum Gasteiger partial charge on any atom is 0.264 e. The predicted molar refractivity (Wildman–Crippen MR) is 54.3 cm³/mol. The van der Waals surface area contributed by atoms with Crippen LogP contribution in [-0.2, 0) is 0 Å². The molecule has 2 rings (SSSR count). The molecule has 2 aromatic carbocycles. The SMILES string of the molecule is O=Cc1cccc2cccc(C(F)F)c12. The van der Waals surface area contributed by atoms with E-state index in [0.717, 1.165) is 0 Å². The van der Waals surface area contributed by atoms with E-state index in [1.165, 1.54) is 6.07 Å². The second-order valence-corrected chi connectivity index (χ2v) is 3.21. The molecule has 0 amide bonds. The number of carbonyl (C=O) groups excluding carboxylic acids is 1. The molecule has 0 bridgehead atoms. The van der Waals surface area contributed by atoms with Gasteiger partial charge in [-0.25, -0.2) is 8.78 Å². The van der Waals surface area contributed by atoms with Crippen molar-refractivity contribution in [3.05, 3.63) is 47.5 Å². The van der Waals surface area contributed by atoms with Gasteiger partial charge in [-0.3, -0.25) is 4.79 Å². The number of fused-ring (bicyclic) bond motifs is 1. The Morgan fingerprint density at radius 2 is 1.73 bits per heavy atom. The van der Waals surface area contributed by atoms with Crippen LogP contribution in [0, 0.1) is 0 Å². The fraction of sp³-hybridized carbons (Fsp3) is 0.0833. The van der Waals surface area contributed by atoms with Gasteiger partial charge in [-0.2, -0.15) is 0 Å². The van der Waals surface area contributed by atoms with Gasteiger partial charge in [0.05, 0.1) is 0 Å². The quantitative estimate of drug-likeness (QED) is 0.686. The minimum atomic E-state index is -2.56. The topological polar surface area (TPSA) is 17.1 Å². The van der Waals surface area contributed by atoms with Gasteiger partial charge in [-0.15, -0.1) is 0 Å². The first-order valence-corrected chi connectivity index (χ1v) is 4.49. The van der Waals surface area contributed by atoms with Crippen LogP contribution in [0.25, 0.3) is 10.8 Å². The van der Waals surface area contributed by atoms with Gasteiger partial charge in [0.25, 0.3) is 6.43 Å². The van der Waals surface area contributed by atoms with Crippen LogP contribution in [0.2, 0.25) is 0 Å². The Morgan fingerprint density at radius 1 is 1.07 bits per heavy atom. The van der Waals surface area contributed by atoms with E-state index >= 15 is 0 Å². The molecule has 3 heteroatoms. The van der Waals surface area contributed by atoms with Crippen molar-refractivity contribution < 1.29 is 13.6 Å². The van der Waals surface area contributed by atoms with Gasteiger partial charge in [-0.1, -0.05) is 36.4 Å². The minimum Gasteiger partial charge on any atom is -0.298 e. The Balaban J connectivity index is 2.87. The van der Waals surface area contributed by atoms with Crippen LogP contribution in [0.1, 0.15) is 22.3 Å². The van der Waals surface area contributed by atoms with E-state index in [-0.39, 0.29) is 5.56 Å². The summed E-state index contributed by atoms with van der Waals surface area (Å²) in [5.74, 6) is 0. The van der Waals surface area contributed by atoms with Crippen molar-refractivity contribution in [3.8, 4) is 0 Å². The number of hydrogen-bond acceptors (Lipinski definition) is 1. The summed E-state index contributed by atoms with van der Waals surface area (Å²) in [6, 6.07) is 9.57. The zero-order chi connectivity index (χ0) is 10.8. The Morgan fingerprint density at radius 3 is 2.33 bits per heavy atom. The fourth-order valence-electron chi connectivity index (χ4n) is 1.68. The molecule has 0 aliphatic heterocycles. The lowest BCUT2D eigenvalue weighted by molar-refractivity contribution is 0.112. The van der Waals surface area contributed by atoms with E-state index in [0.29, 0.717) is 22.6 Å². The number of carbonyl (C=O) groups is 1. The molecule has 15 heavy (non-hydrogen) atoms. The monoisotopic (exact) mass is 206 g/mol. The third-order valence-corrected chi connectivity index (χ3v) is 2.33. The standard InChI is InChI=1S/C12H8F2O/c13-12(14)10-6-2-4-8-3-1-5-9(7-15)11(8)10/h1-7,12H. The molecule has 0 fully saturated rings. The second-order valence-electron chi connectivity index (χ2n) is 3.21. The van der Waals surface area contributed by atoms with Crippen molar-refractivity contribution in [1.29, 1.82) is 0 Å². The van der Waals surface area contributed by atoms with Crippen molar-refractivity contribution in [2.45, 2.75) is 6.43 Å². The summed E-state index contributed by atoms with van der Waals surface area (Å²) in [5, 5.41) is 1.02. The van der Waals surface area contributed by atoms with Gasteiger partial charge in [-0.05, 0) is 5.39 Å². The zero-order valence-electron chi connectivity index (χ0n) is 7.78. The first-order chi connectivity index (χ1) is 7.24. The van der Waals surface area contributed by atoms with Crippen LogP contribution in [0.4, 0.5) is 8.78 Å². The number of hydrogen-bond donors (Lipinski definition) is 0. The molecule has 2 aromatic rings. The Bertz CT molecular complexity index is 501. The van der Waals surface area contributed by atoms with Crippen molar-refractivity contribution in [3.63, 3.8) is 0 Å². The molecular formula is C12H8F2O. The molecule has 0 aromatic heterocycles. The average Bonchev–Trinajstić information content (AvgIpc) is 2.27. The van der Waals surface area contributed by atoms with Crippen LogP contribution >= 0.6 is 0 Å². The molecule has 0 aliphatic rings. The molecule has 76 valence electrons. The van der Waals surface area contributed by atoms with Gasteiger partial charge >= 0.3 is 0 Å². The third kappa shape index (κ3) is 1.61. The van der Waals surface area contributed by atoms with E-state index in [1.54, 1.807) is 30.3 Å². The Hall–Kier alpha value is -1.77. The van der Waals surface area contributed by atoms with E-state index < -0.39 is 6.43 Å². The summed E-state index contributed by atoms with van der Waals surface area (Å²) >= 11 is 0. The smallest absolute Gasteiger partial charge is 0.264 e. The molecule has 0 aliphatic carbocycles. The molecule has 0 N–H and O–H groups in total.